The summed E-state index contributed by atoms with van der Waals surface area (Å²) in [5.41, 5.74) is 0. The van der Waals surface area contributed by atoms with Crippen molar-refractivity contribution in [1.82, 2.24) is 4.90 Å². The highest BCUT2D eigenvalue weighted by Gasteiger charge is 2.19. The van der Waals surface area contributed by atoms with Gasteiger partial charge in [-0.15, -0.1) is 0 Å². The summed E-state index contributed by atoms with van der Waals surface area (Å²) >= 11 is 0. The van der Waals surface area contributed by atoms with Crippen LogP contribution in [0.15, 0.2) is 0 Å². The molecular weight excluding hydrogens is 182 g/mol. The van der Waals surface area contributed by atoms with Gasteiger partial charge < -0.3 is 4.90 Å². The molecule has 0 aromatic carbocycles. The van der Waals surface area contributed by atoms with Gasteiger partial charge in [-0.3, -0.25) is 0 Å². The summed E-state index contributed by atoms with van der Waals surface area (Å²) in [4.78, 5) is 2.63. The van der Waals surface area contributed by atoms with E-state index in [0.717, 1.165) is 12.0 Å². The minimum atomic E-state index is 0.756. The van der Waals surface area contributed by atoms with Gasteiger partial charge in [-0.25, -0.2) is 0 Å². The Bertz CT molecular complexity index is 145. The van der Waals surface area contributed by atoms with E-state index in [9.17, 15) is 0 Å². The van der Waals surface area contributed by atoms with Crippen molar-refractivity contribution in [2.45, 2.75) is 71.8 Å². The van der Waals surface area contributed by atoms with E-state index in [0.29, 0.717) is 0 Å². The van der Waals surface area contributed by atoms with Crippen molar-refractivity contribution < 1.29 is 0 Å². The molecule has 0 amide bonds. The van der Waals surface area contributed by atoms with Gasteiger partial charge in [-0.05, 0) is 45.7 Å². The third-order valence-corrected chi connectivity index (χ3v) is 3.85. The van der Waals surface area contributed by atoms with E-state index in [-0.39, 0.29) is 0 Å². The Morgan fingerprint density at radius 3 is 2.27 bits per heavy atom. The third kappa shape index (κ3) is 5.01. The predicted octanol–water partition coefficient (Wildman–Crippen LogP) is 4.08. The van der Waals surface area contributed by atoms with Crippen LogP contribution in [0.3, 0.4) is 0 Å². The van der Waals surface area contributed by atoms with Crippen molar-refractivity contribution in [3.05, 3.63) is 0 Å². The molecule has 0 unspecified atom stereocenters. The fourth-order valence-corrected chi connectivity index (χ4v) is 2.62. The quantitative estimate of drug-likeness (QED) is 0.598. The summed E-state index contributed by atoms with van der Waals surface area (Å²) in [5.74, 6) is 1.04. The molecule has 1 saturated heterocycles. The highest BCUT2D eigenvalue weighted by atomic mass is 15.1. The zero-order chi connectivity index (χ0) is 11.1. The summed E-state index contributed by atoms with van der Waals surface area (Å²) in [6, 6.07) is 0.756. The third-order valence-electron chi connectivity index (χ3n) is 3.85. The maximum Gasteiger partial charge on any atom is 0.00385 e. The van der Waals surface area contributed by atoms with Gasteiger partial charge in [-0.2, -0.15) is 0 Å². The van der Waals surface area contributed by atoms with E-state index in [4.69, 9.17) is 0 Å². The first-order valence-corrected chi connectivity index (χ1v) is 6.98. The number of rotatable bonds is 6. The van der Waals surface area contributed by atoms with Crippen molar-refractivity contribution in [2.75, 3.05) is 13.1 Å². The van der Waals surface area contributed by atoms with Gasteiger partial charge in [0.1, 0.15) is 0 Å². The molecule has 0 radical (unpaired) electrons. The fraction of sp³-hybridized carbons (Fsp3) is 1.00. The van der Waals surface area contributed by atoms with E-state index in [1.165, 1.54) is 58.0 Å². The van der Waals surface area contributed by atoms with Crippen LogP contribution in [-0.4, -0.2) is 24.0 Å². The Morgan fingerprint density at radius 1 is 1.07 bits per heavy atom. The van der Waals surface area contributed by atoms with Crippen LogP contribution in [0.25, 0.3) is 0 Å². The molecule has 0 aromatic heterocycles. The van der Waals surface area contributed by atoms with Gasteiger partial charge in [-0.1, -0.05) is 39.0 Å². The van der Waals surface area contributed by atoms with Gasteiger partial charge in [0.15, 0.2) is 0 Å². The number of hydrogen-bond acceptors (Lipinski definition) is 1. The Labute approximate surface area is 96.2 Å². The molecule has 90 valence electrons. The highest BCUT2D eigenvalue weighted by Crippen LogP contribution is 2.23. The van der Waals surface area contributed by atoms with Crippen molar-refractivity contribution >= 4 is 0 Å². The van der Waals surface area contributed by atoms with E-state index in [1.807, 2.05) is 0 Å². The second-order valence-corrected chi connectivity index (χ2v) is 5.42. The van der Waals surface area contributed by atoms with Crippen LogP contribution in [0.2, 0.25) is 0 Å². The lowest BCUT2D eigenvalue weighted by Crippen LogP contribution is -2.38. The van der Waals surface area contributed by atoms with Crippen LogP contribution in [-0.2, 0) is 0 Å². The SMILES string of the molecule is CCCCCCC1CCN(C(C)C)CC1. The monoisotopic (exact) mass is 211 g/mol. The Hall–Kier alpha value is -0.0400. The zero-order valence-corrected chi connectivity index (χ0v) is 11.0. The van der Waals surface area contributed by atoms with E-state index in [2.05, 4.69) is 25.7 Å². The first-order valence-electron chi connectivity index (χ1n) is 6.98. The number of nitrogens with zero attached hydrogens (tertiary/aromatic N) is 1. The second kappa shape index (κ2) is 7.27. The molecular formula is C14H29N. The summed E-state index contributed by atoms with van der Waals surface area (Å²) in [7, 11) is 0. The zero-order valence-electron chi connectivity index (χ0n) is 11.0. The van der Waals surface area contributed by atoms with Crippen molar-refractivity contribution in [1.29, 1.82) is 0 Å². The highest BCUT2D eigenvalue weighted by molar-refractivity contribution is 4.74. The van der Waals surface area contributed by atoms with Crippen molar-refractivity contribution in [3.63, 3.8) is 0 Å². The first-order chi connectivity index (χ1) is 7.24. The molecule has 1 nitrogen and oxygen atoms in total. The lowest BCUT2D eigenvalue weighted by Gasteiger charge is -2.34. The molecule has 15 heavy (non-hydrogen) atoms. The van der Waals surface area contributed by atoms with Gasteiger partial charge in [0.05, 0.1) is 0 Å². The molecule has 1 rings (SSSR count). The number of likely N-dealkylation sites (tertiary alicyclic amines) is 1. The van der Waals surface area contributed by atoms with Crippen molar-refractivity contribution in [2.24, 2.45) is 5.92 Å². The Morgan fingerprint density at radius 2 is 1.73 bits per heavy atom. The Balaban J connectivity index is 2.04. The van der Waals surface area contributed by atoms with Crippen LogP contribution < -0.4 is 0 Å². The lowest BCUT2D eigenvalue weighted by atomic mass is 9.90. The topological polar surface area (TPSA) is 3.24 Å². The molecule has 0 aromatic rings. The molecule has 0 aliphatic carbocycles. The molecule has 0 bridgehead atoms. The lowest BCUT2D eigenvalue weighted by molar-refractivity contribution is 0.144. The van der Waals surface area contributed by atoms with Crippen LogP contribution in [0, 0.1) is 5.92 Å². The summed E-state index contributed by atoms with van der Waals surface area (Å²) in [6.45, 7) is 9.62. The second-order valence-electron chi connectivity index (χ2n) is 5.42. The minimum Gasteiger partial charge on any atom is -0.301 e. The molecule has 0 atom stereocenters. The maximum atomic E-state index is 2.63. The molecule has 1 aliphatic rings. The summed E-state index contributed by atoms with van der Waals surface area (Å²) < 4.78 is 0. The van der Waals surface area contributed by atoms with Crippen LogP contribution in [0.5, 0.6) is 0 Å². The maximum absolute atomic E-state index is 2.63. The van der Waals surface area contributed by atoms with Crippen LogP contribution >= 0.6 is 0 Å². The van der Waals surface area contributed by atoms with E-state index < -0.39 is 0 Å². The normalized spacial score (nSPS) is 20.0. The van der Waals surface area contributed by atoms with Gasteiger partial charge in [0.2, 0.25) is 0 Å². The molecule has 1 fully saturated rings. The fourth-order valence-electron chi connectivity index (χ4n) is 2.62. The number of hydrogen-bond donors (Lipinski definition) is 0. The van der Waals surface area contributed by atoms with E-state index in [1.54, 1.807) is 0 Å². The molecule has 1 heteroatoms. The summed E-state index contributed by atoms with van der Waals surface area (Å²) in [5, 5.41) is 0. The van der Waals surface area contributed by atoms with Crippen LogP contribution in [0.4, 0.5) is 0 Å². The van der Waals surface area contributed by atoms with Crippen molar-refractivity contribution in [3.8, 4) is 0 Å². The van der Waals surface area contributed by atoms with Gasteiger partial charge >= 0.3 is 0 Å². The van der Waals surface area contributed by atoms with E-state index >= 15 is 0 Å². The molecule has 0 spiro atoms. The molecule has 0 saturated carbocycles. The first kappa shape index (κ1) is 13.0. The number of unbranched alkanes of at least 4 members (excludes halogenated alkanes) is 3. The largest absolute Gasteiger partial charge is 0.301 e. The molecule has 1 heterocycles. The average molecular weight is 211 g/mol. The minimum absolute atomic E-state index is 0.756. The average Bonchev–Trinajstić information content (AvgIpc) is 2.25. The molecule has 0 N–H and O–H groups in total. The predicted molar refractivity (Wildman–Crippen MR) is 68.2 cm³/mol. The smallest absolute Gasteiger partial charge is 0.00385 e. The summed E-state index contributed by atoms with van der Waals surface area (Å²) in [6.07, 6.45) is 10.1. The Kier molecular flexibility index (Phi) is 6.31. The van der Waals surface area contributed by atoms with Gasteiger partial charge in [0, 0.05) is 6.04 Å². The van der Waals surface area contributed by atoms with Gasteiger partial charge in [0.25, 0.3) is 0 Å². The van der Waals surface area contributed by atoms with Crippen LogP contribution in [0.1, 0.15) is 65.7 Å². The number of piperidine rings is 1. The molecule has 1 aliphatic heterocycles. The standard InChI is InChI=1S/C14H29N/c1-4-5-6-7-8-14-9-11-15(12-10-14)13(2)3/h13-14H,4-12H2,1-3H3.